The second kappa shape index (κ2) is 7.38. The SMILES string of the molecule is COCCN(C(=O)COc1ccccc1C(N)=S)C1CC1. The van der Waals surface area contributed by atoms with Crippen LogP contribution < -0.4 is 10.5 Å². The average Bonchev–Trinajstić information content (AvgIpc) is 3.30. The molecule has 5 nitrogen and oxygen atoms in total. The Morgan fingerprint density at radius 3 is 2.76 bits per heavy atom. The predicted molar refractivity (Wildman–Crippen MR) is 84.4 cm³/mol. The minimum absolute atomic E-state index is 0.0140. The summed E-state index contributed by atoms with van der Waals surface area (Å²) in [4.78, 5) is 14.4. The summed E-state index contributed by atoms with van der Waals surface area (Å²) < 4.78 is 10.6. The summed E-state index contributed by atoms with van der Waals surface area (Å²) in [6.45, 7) is 1.12. The number of thiocarbonyl (C=S) groups is 1. The molecule has 1 fully saturated rings. The number of para-hydroxylation sites is 1. The molecule has 0 atom stereocenters. The van der Waals surface area contributed by atoms with Crippen molar-refractivity contribution in [3.05, 3.63) is 29.8 Å². The van der Waals surface area contributed by atoms with Gasteiger partial charge in [0.1, 0.15) is 10.7 Å². The number of rotatable bonds is 8. The normalized spacial score (nSPS) is 13.8. The Morgan fingerprint density at radius 2 is 2.14 bits per heavy atom. The maximum atomic E-state index is 12.3. The van der Waals surface area contributed by atoms with Gasteiger partial charge in [0.05, 0.1) is 12.2 Å². The number of nitrogens with zero attached hydrogens (tertiary/aromatic N) is 1. The molecular weight excluding hydrogens is 288 g/mol. The van der Waals surface area contributed by atoms with Gasteiger partial charge in [-0.1, -0.05) is 24.4 Å². The fraction of sp³-hybridized carbons (Fsp3) is 0.467. The van der Waals surface area contributed by atoms with Gasteiger partial charge in [-0.15, -0.1) is 0 Å². The third kappa shape index (κ3) is 4.41. The van der Waals surface area contributed by atoms with E-state index in [0.29, 0.717) is 30.5 Å². The minimum Gasteiger partial charge on any atom is -0.483 e. The van der Waals surface area contributed by atoms with Gasteiger partial charge < -0.3 is 20.1 Å². The van der Waals surface area contributed by atoms with Crippen LogP contribution in [0.5, 0.6) is 5.75 Å². The number of benzene rings is 1. The Labute approximate surface area is 130 Å². The fourth-order valence-electron chi connectivity index (χ4n) is 2.11. The number of ether oxygens (including phenoxy) is 2. The zero-order valence-corrected chi connectivity index (χ0v) is 12.9. The molecule has 1 amide bonds. The summed E-state index contributed by atoms with van der Waals surface area (Å²) in [7, 11) is 1.63. The number of nitrogens with two attached hydrogens (primary N) is 1. The highest BCUT2D eigenvalue weighted by atomic mass is 32.1. The molecule has 21 heavy (non-hydrogen) atoms. The second-order valence-corrected chi connectivity index (χ2v) is 5.40. The Morgan fingerprint density at radius 1 is 1.43 bits per heavy atom. The molecule has 0 bridgehead atoms. The van der Waals surface area contributed by atoms with Crippen molar-refractivity contribution in [1.82, 2.24) is 4.90 Å². The highest BCUT2D eigenvalue weighted by Crippen LogP contribution is 2.27. The summed E-state index contributed by atoms with van der Waals surface area (Å²) in [5.74, 6) is 0.508. The average molecular weight is 308 g/mol. The number of amides is 1. The Balaban J connectivity index is 1.95. The highest BCUT2D eigenvalue weighted by molar-refractivity contribution is 7.80. The lowest BCUT2D eigenvalue weighted by Crippen LogP contribution is -2.39. The summed E-state index contributed by atoms with van der Waals surface area (Å²) >= 11 is 4.98. The van der Waals surface area contributed by atoms with Crippen LogP contribution in [0.25, 0.3) is 0 Å². The van der Waals surface area contributed by atoms with Crippen LogP contribution in [0.4, 0.5) is 0 Å². The number of methoxy groups -OCH3 is 1. The molecule has 0 unspecified atom stereocenters. The number of hydrogen-bond donors (Lipinski definition) is 1. The van der Waals surface area contributed by atoms with Crippen LogP contribution in [0, 0.1) is 0 Å². The van der Waals surface area contributed by atoms with Crippen LogP contribution in [0.3, 0.4) is 0 Å². The Kier molecular flexibility index (Phi) is 5.52. The van der Waals surface area contributed by atoms with Crippen LogP contribution in [-0.2, 0) is 9.53 Å². The summed E-state index contributed by atoms with van der Waals surface area (Å²) in [6, 6.07) is 7.54. The molecule has 0 aliphatic heterocycles. The van der Waals surface area contributed by atoms with E-state index in [2.05, 4.69) is 0 Å². The van der Waals surface area contributed by atoms with E-state index in [1.807, 2.05) is 17.0 Å². The maximum absolute atomic E-state index is 12.3. The van der Waals surface area contributed by atoms with Crippen molar-refractivity contribution in [1.29, 1.82) is 0 Å². The number of hydrogen-bond acceptors (Lipinski definition) is 4. The molecular formula is C15H20N2O3S. The van der Waals surface area contributed by atoms with Gasteiger partial charge in [-0.3, -0.25) is 4.79 Å². The van der Waals surface area contributed by atoms with Crippen LogP contribution >= 0.6 is 12.2 Å². The van der Waals surface area contributed by atoms with Crippen molar-refractivity contribution in [3.63, 3.8) is 0 Å². The first kappa shape index (κ1) is 15.7. The molecule has 0 radical (unpaired) electrons. The molecule has 1 aromatic carbocycles. The van der Waals surface area contributed by atoms with Crippen LogP contribution in [0.15, 0.2) is 24.3 Å². The maximum Gasteiger partial charge on any atom is 0.260 e. The van der Waals surface area contributed by atoms with E-state index in [-0.39, 0.29) is 17.5 Å². The van der Waals surface area contributed by atoms with Crippen LogP contribution in [0.2, 0.25) is 0 Å². The minimum atomic E-state index is -0.0349. The first-order chi connectivity index (χ1) is 10.1. The zero-order valence-electron chi connectivity index (χ0n) is 12.1. The first-order valence-electron chi connectivity index (χ1n) is 6.93. The highest BCUT2D eigenvalue weighted by Gasteiger charge is 2.32. The molecule has 6 heteroatoms. The molecule has 2 rings (SSSR count). The third-order valence-corrected chi connectivity index (χ3v) is 3.57. The van der Waals surface area contributed by atoms with Crippen molar-refractivity contribution < 1.29 is 14.3 Å². The van der Waals surface area contributed by atoms with Crippen molar-refractivity contribution in [2.75, 3.05) is 26.9 Å². The van der Waals surface area contributed by atoms with Gasteiger partial charge in [0, 0.05) is 19.7 Å². The fourth-order valence-corrected chi connectivity index (χ4v) is 2.27. The molecule has 0 heterocycles. The molecule has 1 aromatic rings. The summed E-state index contributed by atoms with van der Waals surface area (Å²) in [6.07, 6.45) is 2.11. The Hall–Kier alpha value is -1.66. The number of carbonyl (C=O) groups is 1. The van der Waals surface area contributed by atoms with E-state index in [0.717, 1.165) is 12.8 Å². The van der Waals surface area contributed by atoms with Gasteiger partial charge in [-0.2, -0.15) is 0 Å². The Bertz CT molecular complexity index is 517. The summed E-state index contributed by atoms with van der Waals surface area (Å²) in [5, 5.41) is 0. The monoisotopic (exact) mass is 308 g/mol. The van der Waals surface area contributed by atoms with Crippen molar-refractivity contribution in [3.8, 4) is 5.75 Å². The molecule has 1 aliphatic rings. The molecule has 1 saturated carbocycles. The predicted octanol–water partition coefficient (Wildman–Crippen LogP) is 1.34. The number of carbonyl (C=O) groups excluding carboxylic acids is 1. The van der Waals surface area contributed by atoms with Crippen molar-refractivity contribution in [2.45, 2.75) is 18.9 Å². The van der Waals surface area contributed by atoms with E-state index in [1.165, 1.54) is 0 Å². The largest absolute Gasteiger partial charge is 0.483 e. The van der Waals surface area contributed by atoms with Gasteiger partial charge in [0.15, 0.2) is 6.61 Å². The van der Waals surface area contributed by atoms with Gasteiger partial charge >= 0.3 is 0 Å². The molecule has 1 aliphatic carbocycles. The standard InChI is InChI=1S/C15H20N2O3S/c1-19-9-8-17(11-6-7-11)14(18)10-20-13-5-3-2-4-12(13)15(16)21/h2-5,11H,6-10H2,1H3,(H2,16,21). The van der Waals surface area contributed by atoms with Gasteiger partial charge in [-0.25, -0.2) is 0 Å². The van der Waals surface area contributed by atoms with Gasteiger partial charge in [0.2, 0.25) is 0 Å². The quantitative estimate of drug-likeness (QED) is 0.734. The lowest BCUT2D eigenvalue weighted by molar-refractivity contribution is -0.134. The molecule has 0 spiro atoms. The van der Waals surface area contributed by atoms with Gasteiger partial charge in [0.25, 0.3) is 5.91 Å². The van der Waals surface area contributed by atoms with Crippen molar-refractivity contribution in [2.24, 2.45) is 5.73 Å². The smallest absolute Gasteiger partial charge is 0.260 e. The topological polar surface area (TPSA) is 64.8 Å². The van der Waals surface area contributed by atoms with E-state index < -0.39 is 0 Å². The molecule has 0 saturated heterocycles. The lowest BCUT2D eigenvalue weighted by atomic mass is 10.2. The lowest BCUT2D eigenvalue weighted by Gasteiger charge is -2.22. The van der Waals surface area contributed by atoms with Gasteiger partial charge in [-0.05, 0) is 25.0 Å². The zero-order chi connectivity index (χ0) is 15.2. The van der Waals surface area contributed by atoms with E-state index in [9.17, 15) is 4.79 Å². The van der Waals surface area contributed by atoms with Crippen molar-refractivity contribution >= 4 is 23.1 Å². The van der Waals surface area contributed by atoms with Crippen LogP contribution in [-0.4, -0.2) is 48.7 Å². The van der Waals surface area contributed by atoms with E-state index >= 15 is 0 Å². The molecule has 0 aromatic heterocycles. The molecule has 2 N–H and O–H groups in total. The van der Waals surface area contributed by atoms with E-state index in [1.54, 1.807) is 19.2 Å². The third-order valence-electron chi connectivity index (χ3n) is 3.35. The second-order valence-electron chi connectivity index (χ2n) is 4.96. The first-order valence-corrected chi connectivity index (χ1v) is 7.34. The van der Waals surface area contributed by atoms with E-state index in [4.69, 9.17) is 27.4 Å². The summed E-state index contributed by atoms with van der Waals surface area (Å²) in [5.41, 5.74) is 6.29. The molecule has 114 valence electrons. The van der Waals surface area contributed by atoms with Crippen LogP contribution in [0.1, 0.15) is 18.4 Å².